The monoisotopic (exact) mass is 492 g/mol. The van der Waals surface area contributed by atoms with Crippen molar-refractivity contribution in [3.8, 4) is 11.1 Å². The van der Waals surface area contributed by atoms with E-state index in [-0.39, 0.29) is 19.1 Å². The zero-order valence-corrected chi connectivity index (χ0v) is 21.6. The van der Waals surface area contributed by atoms with Gasteiger partial charge in [-0.2, -0.15) is 0 Å². The summed E-state index contributed by atoms with van der Waals surface area (Å²) in [7, 11) is 1.63. The molecule has 0 saturated carbocycles. The van der Waals surface area contributed by atoms with E-state index in [1.807, 2.05) is 39.0 Å². The smallest absolute Gasteiger partial charge is 0.407 e. The lowest BCUT2D eigenvalue weighted by molar-refractivity contribution is -0.139. The van der Waals surface area contributed by atoms with E-state index in [1.165, 1.54) is 0 Å². The van der Waals surface area contributed by atoms with Gasteiger partial charge in [-0.05, 0) is 46.9 Å². The van der Waals surface area contributed by atoms with Crippen molar-refractivity contribution in [2.75, 3.05) is 20.3 Å². The van der Waals surface area contributed by atoms with Crippen LogP contribution in [0.2, 0.25) is 0 Å². The molecule has 2 aliphatic heterocycles. The van der Waals surface area contributed by atoms with Crippen molar-refractivity contribution in [1.82, 2.24) is 10.2 Å². The van der Waals surface area contributed by atoms with Gasteiger partial charge < -0.3 is 24.5 Å². The molecule has 4 rings (SSSR count). The molecule has 0 aliphatic carbocycles. The molecule has 4 bridgehead atoms. The van der Waals surface area contributed by atoms with Crippen molar-refractivity contribution in [3.63, 3.8) is 0 Å². The molecule has 2 heterocycles. The quantitative estimate of drug-likeness (QED) is 0.639. The van der Waals surface area contributed by atoms with Crippen molar-refractivity contribution in [2.24, 2.45) is 5.41 Å². The third-order valence-electron chi connectivity index (χ3n) is 7.36. The number of aryl methyl sites for hydroxylation is 1. The average molecular weight is 493 g/mol. The number of rotatable bonds is 3. The Kier molecular flexibility index (Phi) is 7.50. The second-order valence-electron chi connectivity index (χ2n) is 10.8. The molecule has 2 amide bonds. The van der Waals surface area contributed by atoms with Crippen LogP contribution in [0, 0.1) is 5.41 Å². The molecular weight excluding hydrogens is 456 g/mol. The molecule has 1 fully saturated rings. The van der Waals surface area contributed by atoms with Crippen LogP contribution in [-0.4, -0.2) is 55.5 Å². The molecule has 2 aliphatic rings. The highest BCUT2D eigenvalue weighted by Gasteiger charge is 2.50. The molecule has 192 valence electrons. The number of ether oxygens (including phenoxy) is 2. The summed E-state index contributed by atoms with van der Waals surface area (Å²) >= 11 is 0. The van der Waals surface area contributed by atoms with Crippen LogP contribution < -0.4 is 5.32 Å². The van der Waals surface area contributed by atoms with E-state index >= 15 is 0 Å². The first kappa shape index (κ1) is 25.9. The molecule has 7 heteroatoms. The van der Waals surface area contributed by atoms with Crippen molar-refractivity contribution in [2.45, 2.75) is 64.1 Å². The van der Waals surface area contributed by atoms with Gasteiger partial charge in [0.1, 0.15) is 17.9 Å². The van der Waals surface area contributed by atoms with Crippen LogP contribution in [0.4, 0.5) is 4.79 Å². The maximum Gasteiger partial charge on any atom is 0.407 e. The van der Waals surface area contributed by atoms with Gasteiger partial charge in [0.25, 0.3) is 0 Å². The minimum absolute atomic E-state index is 0.221. The lowest BCUT2D eigenvalue weighted by Crippen LogP contribution is -2.56. The predicted octanol–water partition coefficient (Wildman–Crippen LogP) is 4.47. The normalized spacial score (nSPS) is 25.4. The summed E-state index contributed by atoms with van der Waals surface area (Å²) in [5.41, 5.74) is 2.97. The molecule has 36 heavy (non-hydrogen) atoms. The predicted molar refractivity (Wildman–Crippen MR) is 137 cm³/mol. The number of nitrogens with zero attached hydrogens (tertiary/aromatic N) is 1. The average Bonchev–Trinajstić information content (AvgIpc) is 3.26. The fraction of sp³-hybridized carbons (Fsp3) is 0.483. The fourth-order valence-corrected chi connectivity index (χ4v) is 5.28. The third-order valence-corrected chi connectivity index (χ3v) is 7.36. The van der Waals surface area contributed by atoms with Gasteiger partial charge in [-0.3, -0.25) is 4.79 Å². The Balaban J connectivity index is 1.80. The van der Waals surface area contributed by atoms with Crippen LogP contribution in [0.25, 0.3) is 11.1 Å². The standard InChI is InChI=1S/C29H36N2O5/c1-28(2,3)25-26(33)31-19-29(35-4,17-23(31)18-32)22-13-14-24(20-10-6-5-7-11-20)21(16-22)12-8-9-15-36-27(34)30-25/h5-7,10-11,13-14,16,18,23,25H,8-9,12,15,17,19H2,1-4H3,(H,30,34)/t23-,25+,29-/m0/s1. The number of aldehydes is 1. The largest absolute Gasteiger partial charge is 0.450 e. The van der Waals surface area contributed by atoms with E-state index in [2.05, 4.69) is 35.6 Å². The minimum atomic E-state index is -0.846. The lowest BCUT2D eigenvalue weighted by Gasteiger charge is -2.35. The summed E-state index contributed by atoms with van der Waals surface area (Å²) in [5.74, 6) is -0.313. The van der Waals surface area contributed by atoms with E-state index in [0.29, 0.717) is 12.8 Å². The molecule has 1 saturated heterocycles. The van der Waals surface area contributed by atoms with Crippen molar-refractivity contribution in [1.29, 1.82) is 0 Å². The molecule has 7 nitrogen and oxygen atoms in total. The van der Waals surface area contributed by atoms with Gasteiger partial charge in [-0.1, -0.05) is 69.3 Å². The van der Waals surface area contributed by atoms with Crippen LogP contribution in [0.5, 0.6) is 0 Å². The second kappa shape index (κ2) is 10.4. The number of benzene rings is 2. The molecule has 2 aromatic rings. The first-order valence-electron chi connectivity index (χ1n) is 12.6. The molecule has 0 radical (unpaired) electrons. The Morgan fingerprint density at radius 1 is 1.11 bits per heavy atom. The molecular formula is C29H36N2O5. The summed E-state index contributed by atoms with van der Waals surface area (Å²) in [6, 6.07) is 15.0. The van der Waals surface area contributed by atoms with Crippen LogP contribution >= 0.6 is 0 Å². The summed E-state index contributed by atoms with van der Waals surface area (Å²) in [5, 5.41) is 2.76. The topological polar surface area (TPSA) is 84.9 Å². The SMILES string of the molecule is CO[C@@]12C[C@@H](C=O)N(C1)C(=O)[C@H](C(C)(C)C)NC(=O)OCCCCc1cc2ccc1-c1ccccc1. The highest BCUT2D eigenvalue weighted by atomic mass is 16.5. The molecule has 0 spiro atoms. The second-order valence-corrected chi connectivity index (χ2v) is 10.8. The van der Waals surface area contributed by atoms with Crippen molar-refractivity contribution < 1.29 is 23.9 Å². The van der Waals surface area contributed by atoms with Crippen molar-refractivity contribution >= 4 is 18.3 Å². The Bertz CT molecular complexity index is 1110. The van der Waals surface area contributed by atoms with Crippen LogP contribution in [0.15, 0.2) is 48.5 Å². The maximum absolute atomic E-state index is 13.8. The fourth-order valence-electron chi connectivity index (χ4n) is 5.28. The summed E-state index contributed by atoms with van der Waals surface area (Å²) in [6.45, 7) is 6.13. The van der Waals surface area contributed by atoms with E-state index in [0.717, 1.165) is 41.4 Å². The number of carbonyl (C=O) groups is 3. The van der Waals surface area contributed by atoms with Gasteiger partial charge in [0.15, 0.2) is 0 Å². The maximum atomic E-state index is 13.8. The number of alkyl carbamates (subject to hydrolysis) is 1. The Hall–Kier alpha value is -3.19. The number of carbonyl (C=O) groups excluding carboxylic acids is 3. The highest BCUT2D eigenvalue weighted by molar-refractivity contribution is 5.89. The number of methoxy groups -OCH3 is 1. The van der Waals surface area contributed by atoms with Gasteiger partial charge >= 0.3 is 6.09 Å². The van der Waals surface area contributed by atoms with Crippen LogP contribution in [0.3, 0.4) is 0 Å². The third kappa shape index (κ3) is 5.16. The molecule has 0 unspecified atom stereocenters. The lowest BCUT2D eigenvalue weighted by atomic mass is 9.85. The summed E-state index contributed by atoms with van der Waals surface area (Å²) in [4.78, 5) is 40.1. The molecule has 1 N–H and O–H groups in total. The van der Waals surface area contributed by atoms with Crippen LogP contribution in [-0.2, 0) is 31.1 Å². The van der Waals surface area contributed by atoms with Gasteiger partial charge in [0.2, 0.25) is 5.91 Å². The molecule has 3 atom stereocenters. The molecule has 2 aromatic carbocycles. The number of amides is 2. The zero-order chi connectivity index (χ0) is 25.9. The Labute approximate surface area is 213 Å². The number of nitrogens with one attached hydrogen (secondary N) is 1. The van der Waals surface area contributed by atoms with Crippen LogP contribution in [0.1, 0.15) is 51.2 Å². The highest BCUT2D eigenvalue weighted by Crippen LogP contribution is 2.41. The van der Waals surface area contributed by atoms with Gasteiger partial charge in [-0.25, -0.2) is 4.79 Å². The van der Waals surface area contributed by atoms with Gasteiger partial charge in [-0.15, -0.1) is 0 Å². The number of cyclic esters (lactones) is 1. The summed E-state index contributed by atoms with van der Waals surface area (Å²) in [6.07, 6.45) is 2.87. The first-order chi connectivity index (χ1) is 17.2. The first-order valence-corrected chi connectivity index (χ1v) is 12.6. The Morgan fingerprint density at radius 2 is 1.86 bits per heavy atom. The Morgan fingerprint density at radius 3 is 2.53 bits per heavy atom. The molecule has 0 aromatic heterocycles. The zero-order valence-electron chi connectivity index (χ0n) is 21.6. The number of hydrogen-bond donors (Lipinski definition) is 1. The number of fused-ring (bicyclic) bond motifs is 5. The minimum Gasteiger partial charge on any atom is -0.450 e. The van der Waals surface area contributed by atoms with Crippen molar-refractivity contribution in [3.05, 3.63) is 59.7 Å². The van der Waals surface area contributed by atoms with Gasteiger partial charge in [0, 0.05) is 13.5 Å². The van der Waals surface area contributed by atoms with E-state index in [1.54, 1.807) is 12.0 Å². The number of hydrogen-bond acceptors (Lipinski definition) is 5. The summed E-state index contributed by atoms with van der Waals surface area (Å²) < 4.78 is 11.5. The van der Waals surface area contributed by atoms with E-state index in [9.17, 15) is 14.4 Å². The van der Waals surface area contributed by atoms with Gasteiger partial charge in [0.05, 0.1) is 19.2 Å². The van der Waals surface area contributed by atoms with E-state index < -0.39 is 29.2 Å². The van der Waals surface area contributed by atoms with E-state index in [4.69, 9.17) is 9.47 Å².